The zero-order valence-corrected chi connectivity index (χ0v) is 13.6. The summed E-state index contributed by atoms with van der Waals surface area (Å²) in [5.41, 5.74) is 0. The first-order valence-corrected chi connectivity index (χ1v) is 9.23. The van der Waals surface area contributed by atoms with Gasteiger partial charge in [0.15, 0.2) is 0 Å². The molecule has 2 heterocycles. The topological polar surface area (TPSA) is 24.1 Å². The van der Waals surface area contributed by atoms with E-state index in [0.29, 0.717) is 0 Å². The molecule has 3 rings (SSSR count). The molecule has 112 valence electrons. The van der Waals surface area contributed by atoms with Crippen molar-refractivity contribution in [1.29, 1.82) is 0 Å². The Hall–Kier alpha value is -0.0900. The third kappa shape index (κ3) is 3.76. The van der Waals surface area contributed by atoms with Gasteiger partial charge in [-0.3, -0.25) is 0 Å². The first-order chi connectivity index (χ1) is 9.83. The molecule has 3 atom stereocenters. The molecule has 1 aliphatic heterocycles. The second kappa shape index (κ2) is 7.26. The maximum atomic E-state index is 5.99. The Morgan fingerprint density at radius 3 is 2.85 bits per heavy atom. The van der Waals surface area contributed by atoms with E-state index in [1.165, 1.54) is 49.9 Å². The van der Waals surface area contributed by atoms with E-state index in [2.05, 4.69) is 16.7 Å². The Kier molecular flexibility index (Phi) is 5.38. The van der Waals surface area contributed by atoms with Crippen molar-refractivity contribution in [2.75, 3.05) is 13.1 Å². The van der Waals surface area contributed by atoms with Gasteiger partial charge in [-0.25, -0.2) is 0 Å². The second-order valence-electron chi connectivity index (χ2n) is 6.17. The van der Waals surface area contributed by atoms with Gasteiger partial charge in [-0.2, -0.15) is 0 Å². The Labute approximate surface area is 131 Å². The van der Waals surface area contributed by atoms with E-state index in [1.807, 2.05) is 6.07 Å². The van der Waals surface area contributed by atoms with E-state index in [1.54, 1.807) is 11.3 Å². The summed E-state index contributed by atoms with van der Waals surface area (Å²) in [5.74, 6) is 0.846. The molecule has 3 unspecified atom stereocenters. The smallest absolute Gasteiger partial charge is 0.0931 e. The molecule has 1 aromatic rings. The van der Waals surface area contributed by atoms with Crippen LogP contribution in [0.3, 0.4) is 0 Å². The van der Waals surface area contributed by atoms with Crippen molar-refractivity contribution in [3.63, 3.8) is 0 Å². The van der Waals surface area contributed by atoms with Crippen LogP contribution >= 0.6 is 22.9 Å². The quantitative estimate of drug-likeness (QED) is 0.863. The molecule has 0 radical (unpaired) electrons. The minimum atomic E-state index is 0.717. The van der Waals surface area contributed by atoms with Crippen molar-refractivity contribution < 1.29 is 0 Å². The molecular weight excluding hydrogens is 288 g/mol. The fourth-order valence-electron chi connectivity index (χ4n) is 3.84. The van der Waals surface area contributed by atoms with Crippen LogP contribution in [0, 0.1) is 5.92 Å². The van der Waals surface area contributed by atoms with Gasteiger partial charge in [-0.1, -0.05) is 24.4 Å². The first kappa shape index (κ1) is 14.8. The molecule has 1 saturated heterocycles. The lowest BCUT2D eigenvalue weighted by atomic mass is 9.79. The number of hydrogen-bond acceptors (Lipinski definition) is 3. The molecule has 0 amide bonds. The van der Waals surface area contributed by atoms with Gasteiger partial charge in [0, 0.05) is 23.5 Å². The van der Waals surface area contributed by atoms with Crippen LogP contribution in [0.2, 0.25) is 4.34 Å². The molecule has 1 saturated carbocycles. The molecule has 2 aliphatic rings. The van der Waals surface area contributed by atoms with Gasteiger partial charge in [-0.05, 0) is 56.7 Å². The summed E-state index contributed by atoms with van der Waals surface area (Å²) >= 11 is 7.70. The maximum Gasteiger partial charge on any atom is 0.0931 e. The highest BCUT2D eigenvalue weighted by Crippen LogP contribution is 2.30. The molecular formula is C16H25ClN2S. The molecule has 0 aromatic carbocycles. The molecule has 2 nitrogen and oxygen atoms in total. The molecule has 0 bridgehead atoms. The van der Waals surface area contributed by atoms with Crippen LogP contribution in [0.1, 0.15) is 43.4 Å². The molecule has 1 aromatic heterocycles. The largest absolute Gasteiger partial charge is 0.314 e. The average molecular weight is 313 g/mol. The molecule has 20 heavy (non-hydrogen) atoms. The van der Waals surface area contributed by atoms with Gasteiger partial charge in [0.1, 0.15) is 0 Å². The monoisotopic (exact) mass is 312 g/mol. The van der Waals surface area contributed by atoms with Gasteiger partial charge in [0.25, 0.3) is 0 Å². The number of rotatable bonds is 5. The lowest BCUT2D eigenvalue weighted by Crippen LogP contribution is -2.47. The zero-order chi connectivity index (χ0) is 13.8. The van der Waals surface area contributed by atoms with Crippen LogP contribution in [0.5, 0.6) is 0 Å². The fourth-order valence-corrected chi connectivity index (χ4v) is 4.93. The highest BCUT2D eigenvalue weighted by molar-refractivity contribution is 7.16. The number of halogens is 1. The van der Waals surface area contributed by atoms with Crippen molar-refractivity contribution in [3.8, 4) is 0 Å². The van der Waals surface area contributed by atoms with Crippen molar-refractivity contribution in [1.82, 2.24) is 10.6 Å². The van der Waals surface area contributed by atoms with Crippen LogP contribution in [0.15, 0.2) is 12.1 Å². The standard InChI is InChI=1S/C16H25ClN2S/c17-16-8-7-12(20-16)9-11-19-14-5-2-1-4-13(14)15-6-3-10-18-15/h7-8,13-15,18-19H,1-6,9-11H2. The van der Waals surface area contributed by atoms with E-state index >= 15 is 0 Å². The lowest BCUT2D eigenvalue weighted by Gasteiger charge is -2.36. The Morgan fingerprint density at radius 1 is 1.20 bits per heavy atom. The summed E-state index contributed by atoms with van der Waals surface area (Å²) in [6, 6.07) is 5.65. The van der Waals surface area contributed by atoms with E-state index in [-0.39, 0.29) is 0 Å². The highest BCUT2D eigenvalue weighted by Gasteiger charge is 2.32. The summed E-state index contributed by atoms with van der Waals surface area (Å²) in [7, 11) is 0. The Bertz CT molecular complexity index is 414. The minimum Gasteiger partial charge on any atom is -0.314 e. The summed E-state index contributed by atoms with van der Waals surface area (Å²) < 4.78 is 0.908. The third-order valence-electron chi connectivity index (χ3n) is 4.84. The highest BCUT2D eigenvalue weighted by atomic mass is 35.5. The molecule has 0 spiro atoms. The van der Waals surface area contributed by atoms with E-state index in [0.717, 1.165) is 35.3 Å². The summed E-state index contributed by atoms with van der Waals surface area (Å²) in [6.07, 6.45) is 9.42. The normalized spacial score (nSPS) is 30.8. The maximum absolute atomic E-state index is 5.99. The van der Waals surface area contributed by atoms with E-state index < -0.39 is 0 Å². The number of hydrogen-bond donors (Lipinski definition) is 2. The zero-order valence-electron chi connectivity index (χ0n) is 12.0. The first-order valence-electron chi connectivity index (χ1n) is 8.04. The average Bonchev–Trinajstić information content (AvgIpc) is 3.11. The molecule has 4 heteroatoms. The van der Waals surface area contributed by atoms with E-state index in [9.17, 15) is 0 Å². The predicted molar refractivity (Wildman–Crippen MR) is 87.8 cm³/mol. The molecule has 2 N–H and O–H groups in total. The van der Waals surface area contributed by atoms with Crippen molar-refractivity contribution in [3.05, 3.63) is 21.3 Å². The SMILES string of the molecule is Clc1ccc(CCNC2CCCCC2C2CCCN2)s1. The van der Waals surface area contributed by atoms with Gasteiger partial charge < -0.3 is 10.6 Å². The van der Waals surface area contributed by atoms with Crippen LogP contribution in [-0.4, -0.2) is 25.2 Å². The van der Waals surface area contributed by atoms with Crippen LogP contribution in [0.4, 0.5) is 0 Å². The van der Waals surface area contributed by atoms with Crippen LogP contribution in [-0.2, 0) is 6.42 Å². The van der Waals surface area contributed by atoms with E-state index in [4.69, 9.17) is 11.6 Å². The van der Waals surface area contributed by atoms with Crippen molar-refractivity contribution in [2.45, 2.75) is 57.0 Å². The Morgan fingerprint density at radius 2 is 2.10 bits per heavy atom. The van der Waals surface area contributed by atoms with Gasteiger partial charge >= 0.3 is 0 Å². The predicted octanol–water partition coefficient (Wildman–Crippen LogP) is 3.84. The minimum absolute atomic E-state index is 0.717. The summed E-state index contributed by atoms with van der Waals surface area (Å²) in [4.78, 5) is 1.40. The summed E-state index contributed by atoms with van der Waals surface area (Å²) in [6.45, 7) is 2.31. The summed E-state index contributed by atoms with van der Waals surface area (Å²) in [5, 5.41) is 7.54. The van der Waals surface area contributed by atoms with Crippen LogP contribution < -0.4 is 10.6 Å². The number of thiophene rings is 1. The third-order valence-corrected chi connectivity index (χ3v) is 6.13. The van der Waals surface area contributed by atoms with Crippen LogP contribution in [0.25, 0.3) is 0 Å². The lowest BCUT2D eigenvalue weighted by molar-refractivity contribution is 0.216. The van der Waals surface area contributed by atoms with Crippen molar-refractivity contribution in [2.24, 2.45) is 5.92 Å². The number of nitrogens with one attached hydrogen (secondary N) is 2. The Balaban J connectivity index is 1.49. The second-order valence-corrected chi connectivity index (χ2v) is 7.97. The fraction of sp³-hybridized carbons (Fsp3) is 0.750. The van der Waals surface area contributed by atoms with Gasteiger partial charge in [0.2, 0.25) is 0 Å². The van der Waals surface area contributed by atoms with Crippen molar-refractivity contribution >= 4 is 22.9 Å². The molecule has 2 fully saturated rings. The van der Waals surface area contributed by atoms with Gasteiger partial charge in [0.05, 0.1) is 4.34 Å². The molecule has 1 aliphatic carbocycles. The van der Waals surface area contributed by atoms with Gasteiger partial charge in [-0.15, -0.1) is 11.3 Å².